The van der Waals surface area contributed by atoms with E-state index in [0.29, 0.717) is 17.5 Å². The number of thioether (sulfide) groups is 1. The van der Waals surface area contributed by atoms with Gasteiger partial charge in [-0.25, -0.2) is 19.9 Å². The standard InChI is InChI=1S/C43H27N5OS/c1-4-12-27(13-5-1)38-39(28-14-6-2-7-15-28)48-35-24-30(20-21-32(35)26-50-43(48)44-38)41-45-40(29-16-8-3-9-17-29)46-42(47-41)31-22-23-34-33-18-10-11-19-36(33)49-37(34)25-31/h1-25H,26H2. The Labute approximate surface area is 292 Å². The molecule has 3 aromatic heterocycles. The van der Waals surface area contributed by atoms with Crippen molar-refractivity contribution in [2.45, 2.75) is 10.9 Å². The van der Waals surface area contributed by atoms with Gasteiger partial charge in [0, 0.05) is 44.3 Å². The Morgan fingerprint density at radius 2 is 1.06 bits per heavy atom. The third-order valence-electron chi connectivity index (χ3n) is 9.19. The zero-order chi connectivity index (χ0) is 33.0. The van der Waals surface area contributed by atoms with E-state index in [4.69, 9.17) is 24.4 Å². The predicted octanol–water partition coefficient (Wildman–Crippen LogP) is 10.9. The fraction of sp³-hybridized carbons (Fsp3) is 0.0233. The zero-order valence-corrected chi connectivity index (χ0v) is 27.5. The van der Waals surface area contributed by atoms with Crippen LogP contribution >= 0.6 is 11.8 Å². The van der Waals surface area contributed by atoms with E-state index < -0.39 is 0 Å². The fourth-order valence-corrected chi connectivity index (χ4v) is 7.77. The van der Waals surface area contributed by atoms with Crippen molar-refractivity contribution < 1.29 is 4.42 Å². The van der Waals surface area contributed by atoms with Crippen LogP contribution in [0.15, 0.2) is 161 Å². The molecule has 0 radical (unpaired) electrons. The molecule has 0 aliphatic carbocycles. The lowest BCUT2D eigenvalue weighted by atomic mass is 10.0. The minimum absolute atomic E-state index is 0.587. The third kappa shape index (κ3) is 4.82. The highest BCUT2D eigenvalue weighted by Crippen LogP contribution is 2.44. The van der Waals surface area contributed by atoms with Crippen LogP contribution in [-0.2, 0) is 5.75 Å². The van der Waals surface area contributed by atoms with Gasteiger partial charge in [-0.1, -0.05) is 139 Å². The van der Waals surface area contributed by atoms with Gasteiger partial charge in [0.05, 0.1) is 17.1 Å². The van der Waals surface area contributed by atoms with Crippen molar-refractivity contribution in [1.82, 2.24) is 24.5 Å². The number of rotatable bonds is 5. The molecule has 10 rings (SSSR count). The van der Waals surface area contributed by atoms with E-state index in [1.165, 1.54) is 5.56 Å². The van der Waals surface area contributed by atoms with Crippen LogP contribution in [0, 0.1) is 0 Å². The summed E-state index contributed by atoms with van der Waals surface area (Å²) >= 11 is 1.76. The Hall–Kier alpha value is -6.31. The summed E-state index contributed by atoms with van der Waals surface area (Å²) in [5.74, 6) is 2.63. The van der Waals surface area contributed by atoms with Crippen LogP contribution in [0.2, 0.25) is 0 Å². The highest BCUT2D eigenvalue weighted by molar-refractivity contribution is 7.98. The van der Waals surface area contributed by atoms with Crippen molar-refractivity contribution in [2.75, 3.05) is 0 Å². The Morgan fingerprint density at radius 3 is 1.80 bits per heavy atom. The number of fused-ring (bicyclic) bond motifs is 6. The summed E-state index contributed by atoms with van der Waals surface area (Å²) < 4.78 is 8.55. The van der Waals surface area contributed by atoms with Crippen molar-refractivity contribution in [3.05, 3.63) is 157 Å². The monoisotopic (exact) mass is 661 g/mol. The molecule has 236 valence electrons. The van der Waals surface area contributed by atoms with E-state index in [0.717, 1.165) is 77.7 Å². The van der Waals surface area contributed by atoms with Crippen molar-refractivity contribution >= 4 is 33.7 Å². The molecular weight excluding hydrogens is 635 g/mol. The fourth-order valence-electron chi connectivity index (χ4n) is 6.77. The van der Waals surface area contributed by atoms with E-state index in [2.05, 4.69) is 95.6 Å². The average molecular weight is 662 g/mol. The molecular formula is C43H27N5OS. The number of hydrogen-bond acceptors (Lipinski definition) is 6. The molecule has 6 aromatic carbocycles. The molecule has 1 aliphatic heterocycles. The largest absolute Gasteiger partial charge is 0.456 e. The second-order valence-corrected chi connectivity index (χ2v) is 13.2. The highest BCUT2D eigenvalue weighted by atomic mass is 32.2. The number of aromatic nitrogens is 5. The van der Waals surface area contributed by atoms with E-state index in [1.807, 2.05) is 60.7 Å². The average Bonchev–Trinajstić information content (AvgIpc) is 3.77. The molecule has 0 saturated heterocycles. The second-order valence-electron chi connectivity index (χ2n) is 12.3. The van der Waals surface area contributed by atoms with Gasteiger partial charge in [0.25, 0.3) is 0 Å². The maximum absolute atomic E-state index is 6.24. The number of benzene rings is 6. The first kappa shape index (κ1) is 28.7. The zero-order valence-electron chi connectivity index (χ0n) is 26.7. The van der Waals surface area contributed by atoms with E-state index in [-0.39, 0.29) is 0 Å². The maximum atomic E-state index is 6.24. The molecule has 9 aromatic rings. The molecule has 0 atom stereocenters. The summed E-state index contributed by atoms with van der Waals surface area (Å²) in [4.78, 5) is 20.4. The minimum Gasteiger partial charge on any atom is -0.456 e. The van der Waals surface area contributed by atoms with Crippen molar-refractivity contribution in [2.24, 2.45) is 0 Å². The number of furan rings is 1. The molecule has 0 bridgehead atoms. The first-order valence-corrected chi connectivity index (χ1v) is 17.5. The molecule has 0 fully saturated rings. The normalized spacial score (nSPS) is 12.2. The predicted molar refractivity (Wildman–Crippen MR) is 201 cm³/mol. The number of nitrogens with zero attached hydrogens (tertiary/aromatic N) is 5. The second kappa shape index (κ2) is 11.7. The molecule has 4 heterocycles. The van der Waals surface area contributed by atoms with Crippen molar-refractivity contribution in [3.8, 4) is 62.4 Å². The molecule has 6 nitrogen and oxygen atoms in total. The minimum atomic E-state index is 0.587. The van der Waals surface area contributed by atoms with Crippen molar-refractivity contribution in [1.29, 1.82) is 0 Å². The summed E-state index contributed by atoms with van der Waals surface area (Å²) in [6, 6.07) is 51.8. The van der Waals surface area contributed by atoms with E-state index in [9.17, 15) is 0 Å². The van der Waals surface area contributed by atoms with Crippen LogP contribution in [-0.4, -0.2) is 24.5 Å². The first-order valence-electron chi connectivity index (χ1n) is 16.5. The molecule has 0 amide bonds. The van der Waals surface area contributed by atoms with Crippen LogP contribution in [0.5, 0.6) is 0 Å². The lowest BCUT2D eigenvalue weighted by Gasteiger charge is -2.21. The van der Waals surface area contributed by atoms with Gasteiger partial charge in [-0.05, 0) is 29.8 Å². The Bertz CT molecular complexity index is 2700. The lowest BCUT2D eigenvalue weighted by Crippen LogP contribution is -2.08. The summed E-state index contributed by atoms with van der Waals surface area (Å²) in [6.07, 6.45) is 0. The van der Waals surface area contributed by atoms with Gasteiger partial charge in [-0.2, -0.15) is 0 Å². The van der Waals surface area contributed by atoms with Crippen LogP contribution in [0.25, 0.3) is 84.3 Å². The summed E-state index contributed by atoms with van der Waals surface area (Å²) in [5, 5.41) is 3.12. The molecule has 0 N–H and O–H groups in total. The number of imidazole rings is 1. The van der Waals surface area contributed by atoms with Crippen LogP contribution in [0.1, 0.15) is 5.56 Å². The number of hydrogen-bond donors (Lipinski definition) is 0. The van der Waals surface area contributed by atoms with Crippen LogP contribution in [0.3, 0.4) is 0 Å². The summed E-state index contributed by atoms with van der Waals surface area (Å²) in [7, 11) is 0. The van der Waals surface area contributed by atoms with Gasteiger partial charge < -0.3 is 4.42 Å². The molecule has 0 saturated carbocycles. The van der Waals surface area contributed by atoms with E-state index >= 15 is 0 Å². The van der Waals surface area contributed by atoms with Gasteiger partial charge >= 0.3 is 0 Å². The lowest BCUT2D eigenvalue weighted by molar-refractivity contribution is 0.669. The van der Waals surface area contributed by atoms with Crippen LogP contribution in [0.4, 0.5) is 0 Å². The first-order chi connectivity index (χ1) is 24.8. The maximum Gasteiger partial charge on any atom is 0.174 e. The van der Waals surface area contributed by atoms with Gasteiger partial charge in [0.1, 0.15) is 11.2 Å². The Morgan fingerprint density at radius 1 is 0.480 bits per heavy atom. The van der Waals surface area contributed by atoms with Gasteiger partial charge in [-0.15, -0.1) is 0 Å². The Balaban J connectivity index is 1.16. The molecule has 1 aliphatic rings. The number of para-hydroxylation sites is 1. The van der Waals surface area contributed by atoms with Gasteiger partial charge in [0.2, 0.25) is 0 Å². The molecule has 0 unspecified atom stereocenters. The topological polar surface area (TPSA) is 69.6 Å². The smallest absolute Gasteiger partial charge is 0.174 e. The quantitative estimate of drug-likeness (QED) is 0.183. The summed E-state index contributed by atoms with van der Waals surface area (Å²) in [5.41, 5.74) is 10.9. The van der Waals surface area contributed by atoms with E-state index in [1.54, 1.807) is 11.8 Å². The summed E-state index contributed by atoms with van der Waals surface area (Å²) in [6.45, 7) is 0. The molecule has 0 spiro atoms. The van der Waals surface area contributed by atoms with Crippen LogP contribution < -0.4 is 0 Å². The van der Waals surface area contributed by atoms with Crippen molar-refractivity contribution in [3.63, 3.8) is 0 Å². The van der Waals surface area contributed by atoms with Gasteiger partial charge in [-0.3, -0.25) is 4.57 Å². The third-order valence-corrected chi connectivity index (χ3v) is 10.2. The highest BCUT2D eigenvalue weighted by Gasteiger charge is 2.27. The molecule has 50 heavy (non-hydrogen) atoms. The Kier molecular flexibility index (Phi) is 6.70. The van der Waals surface area contributed by atoms with Gasteiger partial charge in [0.15, 0.2) is 22.6 Å². The SMILES string of the molecule is c1ccc(-c2nc(-c3ccc4c(c3)-n3c(nc(-c5ccccc5)c3-c3ccccc3)SC4)nc(-c3ccc4c(c3)oc3ccccc34)n2)cc1. The molecule has 7 heteroatoms.